The number of H-pyrrole nitrogens is 1. The standard InChI is InChI=1S/C21H18N4/c1-3-9-16(10-4-1)18(17-11-5-2-6-12-17)15-22-25-21-23-19-13-7-8-14-20(19)24-21/h1-15,18H,(H2,23,24,25)/b22-15+. The van der Waals surface area contributed by atoms with Crippen LogP contribution < -0.4 is 5.43 Å². The Kier molecular flexibility index (Phi) is 4.25. The number of fused-ring (bicyclic) bond motifs is 1. The van der Waals surface area contributed by atoms with Gasteiger partial charge in [0.2, 0.25) is 5.95 Å². The fourth-order valence-corrected chi connectivity index (χ4v) is 2.86. The van der Waals surface area contributed by atoms with Crippen molar-refractivity contribution in [3.63, 3.8) is 0 Å². The Labute approximate surface area is 146 Å². The molecular formula is C21H18N4. The van der Waals surface area contributed by atoms with Gasteiger partial charge < -0.3 is 4.98 Å². The molecule has 25 heavy (non-hydrogen) atoms. The summed E-state index contributed by atoms with van der Waals surface area (Å²) in [5.41, 5.74) is 7.31. The predicted octanol–water partition coefficient (Wildman–Crippen LogP) is 4.79. The number of nitrogens with zero attached hydrogens (tertiary/aromatic N) is 2. The largest absolute Gasteiger partial charge is 0.323 e. The second kappa shape index (κ2) is 7.01. The molecule has 3 aromatic carbocycles. The van der Waals surface area contributed by atoms with Gasteiger partial charge in [0.25, 0.3) is 0 Å². The van der Waals surface area contributed by atoms with Gasteiger partial charge in [-0.1, -0.05) is 72.8 Å². The van der Waals surface area contributed by atoms with E-state index in [0.717, 1.165) is 11.0 Å². The first kappa shape index (κ1) is 15.1. The van der Waals surface area contributed by atoms with E-state index in [-0.39, 0.29) is 5.92 Å². The number of benzene rings is 3. The van der Waals surface area contributed by atoms with Crippen molar-refractivity contribution in [2.24, 2.45) is 5.10 Å². The molecule has 4 aromatic rings. The lowest BCUT2D eigenvalue weighted by molar-refractivity contribution is 1.08. The van der Waals surface area contributed by atoms with Gasteiger partial charge >= 0.3 is 0 Å². The van der Waals surface area contributed by atoms with Crippen molar-refractivity contribution < 1.29 is 0 Å². The lowest BCUT2D eigenvalue weighted by Crippen LogP contribution is -2.04. The molecule has 1 aromatic heterocycles. The number of rotatable bonds is 5. The van der Waals surface area contributed by atoms with Gasteiger partial charge in [-0.25, -0.2) is 10.4 Å². The first-order valence-corrected chi connectivity index (χ1v) is 8.24. The fourth-order valence-electron chi connectivity index (χ4n) is 2.86. The molecule has 0 unspecified atom stereocenters. The third-order valence-corrected chi connectivity index (χ3v) is 4.10. The van der Waals surface area contributed by atoms with E-state index in [1.807, 2.05) is 66.9 Å². The van der Waals surface area contributed by atoms with E-state index < -0.39 is 0 Å². The van der Waals surface area contributed by atoms with Crippen LogP contribution in [0.1, 0.15) is 17.0 Å². The molecule has 0 fully saturated rings. The molecule has 0 saturated carbocycles. The molecule has 0 aliphatic carbocycles. The van der Waals surface area contributed by atoms with Crippen molar-refractivity contribution >= 4 is 23.2 Å². The van der Waals surface area contributed by atoms with Gasteiger partial charge in [0.15, 0.2) is 0 Å². The number of aromatic amines is 1. The molecule has 2 N–H and O–H groups in total. The number of para-hydroxylation sites is 2. The zero-order valence-electron chi connectivity index (χ0n) is 13.6. The summed E-state index contributed by atoms with van der Waals surface area (Å²) < 4.78 is 0. The SMILES string of the molecule is C(=N\Nc1nc2ccccc2[nH]1)/C(c1ccccc1)c1ccccc1. The molecule has 0 aliphatic heterocycles. The zero-order valence-corrected chi connectivity index (χ0v) is 13.6. The summed E-state index contributed by atoms with van der Waals surface area (Å²) in [6, 6.07) is 28.6. The van der Waals surface area contributed by atoms with Crippen LogP contribution in [-0.2, 0) is 0 Å². The smallest absolute Gasteiger partial charge is 0.222 e. The molecule has 0 spiro atoms. The Balaban J connectivity index is 1.59. The van der Waals surface area contributed by atoms with E-state index in [2.05, 4.69) is 44.8 Å². The summed E-state index contributed by atoms with van der Waals surface area (Å²) in [6.45, 7) is 0. The maximum absolute atomic E-state index is 4.47. The number of hydrogen-bond acceptors (Lipinski definition) is 3. The Hall–Kier alpha value is -3.40. The Bertz CT molecular complexity index is 902. The van der Waals surface area contributed by atoms with E-state index in [4.69, 9.17) is 0 Å². The van der Waals surface area contributed by atoms with E-state index in [1.54, 1.807) is 0 Å². The van der Waals surface area contributed by atoms with Crippen LogP contribution in [0.4, 0.5) is 5.95 Å². The van der Waals surface area contributed by atoms with Crippen molar-refractivity contribution in [2.45, 2.75) is 5.92 Å². The third kappa shape index (κ3) is 3.43. The molecule has 0 bridgehead atoms. The van der Waals surface area contributed by atoms with Gasteiger partial charge in [-0.2, -0.15) is 5.10 Å². The highest BCUT2D eigenvalue weighted by molar-refractivity contribution is 5.78. The maximum atomic E-state index is 4.47. The van der Waals surface area contributed by atoms with Crippen molar-refractivity contribution in [3.05, 3.63) is 96.1 Å². The third-order valence-electron chi connectivity index (χ3n) is 4.10. The first-order chi connectivity index (χ1) is 12.4. The van der Waals surface area contributed by atoms with Gasteiger partial charge in [0.1, 0.15) is 0 Å². The number of hydrazone groups is 1. The fraction of sp³-hybridized carbons (Fsp3) is 0.0476. The average molecular weight is 326 g/mol. The molecule has 0 aliphatic rings. The second-order valence-electron chi connectivity index (χ2n) is 5.79. The van der Waals surface area contributed by atoms with E-state index in [1.165, 1.54) is 11.1 Å². The maximum Gasteiger partial charge on any atom is 0.222 e. The van der Waals surface area contributed by atoms with Gasteiger partial charge in [-0.15, -0.1) is 0 Å². The molecule has 4 nitrogen and oxygen atoms in total. The summed E-state index contributed by atoms with van der Waals surface area (Å²) in [5, 5.41) is 4.42. The topological polar surface area (TPSA) is 53.1 Å². The molecule has 0 atom stereocenters. The Morgan fingerprint density at radius 3 is 2.04 bits per heavy atom. The lowest BCUT2D eigenvalue weighted by Gasteiger charge is -2.13. The molecular weight excluding hydrogens is 308 g/mol. The number of hydrogen-bond donors (Lipinski definition) is 2. The van der Waals surface area contributed by atoms with Crippen LogP contribution in [0.5, 0.6) is 0 Å². The molecule has 0 saturated heterocycles. The summed E-state index contributed by atoms with van der Waals surface area (Å²) in [5.74, 6) is 0.719. The minimum atomic E-state index is 0.0827. The predicted molar refractivity (Wildman–Crippen MR) is 103 cm³/mol. The first-order valence-electron chi connectivity index (χ1n) is 8.24. The van der Waals surface area contributed by atoms with Crippen molar-refractivity contribution in [3.8, 4) is 0 Å². The van der Waals surface area contributed by atoms with Crippen LogP contribution in [0.15, 0.2) is 90.0 Å². The molecule has 0 amide bonds. The van der Waals surface area contributed by atoms with Crippen LogP contribution in [0.3, 0.4) is 0 Å². The van der Waals surface area contributed by atoms with E-state index >= 15 is 0 Å². The van der Waals surface area contributed by atoms with E-state index in [9.17, 15) is 0 Å². The highest BCUT2D eigenvalue weighted by Gasteiger charge is 2.11. The number of imidazole rings is 1. The molecule has 0 radical (unpaired) electrons. The highest BCUT2D eigenvalue weighted by atomic mass is 15.3. The summed E-state index contributed by atoms with van der Waals surface area (Å²) in [6.07, 6.45) is 1.91. The van der Waals surface area contributed by atoms with Crippen LogP contribution in [-0.4, -0.2) is 16.2 Å². The average Bonchev–Trinajstić information content (AvgIpc) is 3.09. The van der Waals surface area contributed by atoms with Crippen LogP contribution in [0.25, 0.3) is 11.0 Å². The van der Waals surface area contributed by atoms with Crippen LogP contribution in [0.2, 0.25) is 0 Å². The Morgan fingerprint density at radius 1 is 0.800 bits per heavy atom. The highest BCUT2D eigenvalue weighted by Crippen LogP contribution is 2.22. The molecule has 1 heterocycles. The van der Waals surface area contributed by atoms with E-state index in [0.29, 0.717) is 5.95 Å². The van der Waals surface area contributed by atoms with Crippen LogP contribution >= 0.6 is 0 Å². The number of aromatic nitrogens is 2. The molecule has 4 rings (SSSR count). The van der Waals surface area contributed by atoms with Crippen molar-refractivity contribution in [1.82, 2.24) is 9.97 Å². The van der Waals surface area contributed by atoms with Gasteiger partial charge in [-0.3, -0.25) is 0 Å². The number of anilines is 1. The quantitative estimate of drug-likeness (QED) is 0.409. The Morgan fingerprint density at radius 2 is 1.40 bits per heavy atom. The monoisotopic (exact) mass is 326 g/mol. The normalized spacial score (nSPS) is 11.4. The lowest BCUT2D eigenvalue weighted by atomic mass is 9.92. The van der Waals surface area contributed by atoms with Crippen molar-refractivity contribution in [1.29, 1.82) is 0 Å². The minimum Gasteiger partial charge on any atom is -0.323 e. The van der Waals surface area contributed by atoms with Gasteiger partial charge in [0.05, 0.1) is 11.0 Å². The summed E-state index contributed by atoms with van der Waals surface area (Å²) in [7, 11) is 0. The molecule has 4 heteroatoms. The number of nitrogens with one attached hydrogen (secondary N) is 2. The van der Waals surface area contributed by atoms with Crippen LogP contribution in [0, 0.1) is 0 Å². The van der Waals surface area contributed by atoms with Gasteiger partial charge in [-0.05, 0) is 23.3 Å². The van der Waals surface area contributed by atoms with Crippen molar-refractivity contribution in [2.75, 3.05) is 5.43 Å². The zero-order chi connectivity index (χ0) is 16.9. The van der Waals surface area contributed by atoms with Gasteiger partial charge in [0, 0.05) is 12.1 Å². The summed E-state index contributed by atoms with van der Waals surface area (Å²) in [4.78, 5) is 7.69. The minimum absolute atomic E-state index is 0.0827. The second-order valence-corrected chi connectivity index (χ2v) is 5.79. The molecule has 122 valence electrons. The summed E-state index contributed by atoms with van der Waals surface area (Å²) >= 11 is 0.